The molecule has 0 bridgehead atoms. The zero-order valence-corrected chi connectivity index (χ0v) is 7.59. The van der Waals surface area contributed by atoms with Crippen LogP contribution in [0, 0.1) is 23.2 Å². The summed E-state index contributed by atoms with van der Waals surface area (Å²) in [6.07, 6.45) is 0. The van der Waals surface area contributed by atoms with E-state index in [0.29, 0.717) is 11.8 Å². The van der Waals surface area contributed by atoms with Crippen molar-refractivity contribution in [2.45, 2.75) is 27.7 Å². The van der Waals surface area contributed by atoms with Crippen molar-refractivity contribution < 1.29 is 9.90 Å². The molecule has 0 radical (unpaired) electrons. The summed E-state index contributed by atoms with van der Waals surface area (Å²) in [6.45, 7) is 8.26. The van der Waals surface area contributed by atoms with Crippen LogP contribution in [0.25, 0.3) is 0 Å². The number of carboxylic acids is 1. The van der Waals surface area contributed by atoms with Gasteiger partial charge in [0.25, 0.3) is 0 Å². The molecule has 0 aromatic heterocycles. The molecule has 1 aliphatic carbocycles. The van der Waals surface area contributed by atoms with Crippen LogP contribution >= 0.6 is 0 Å². The molecule has 1 aliphatic rings. The summed E-state index contributed by atoms with van der Waals surface area (Å²) in [5, 5.41) is 8.81. The summed E-state index contributed by atoms with van der Waals surface area (Å²) in [7, 11) is 0. The zero-order chi connectivity index (χ0) is 8.81. The minimum absolute atomic E-state index is 0.0278. The highest BCUT2D eigenvalue weighted by molar-refractivity contribution is 5.75. The van der Waals surface area contributed by atoms with E-state index >= 15 is 0 Å². The molecule has 1 N–H and O–H groups in total. The fraction of sp³-hybridized carbons (Fsp3) is 0.889. The summed E-state index contributed by atoms with van der Waals surface area (Å²) in [6, 6.07) is 0. The Bertz CT molecular complexity index is 182. The van der Waals surface area contributed by atoms with Crippen LogP contribution in [0.2, 0.25) is 0 Å². The van der Waals surface area contributed by atoms with Gasteiger partial charge in [-0.05, 0) is 17.3 Å². The van der Waals surface area contributed by atoms with E-state index < -0.39 is 5.97 Å². The van der Waals surface area contributed by atoms with Crippen molar-refractivity contribution in [2.75, 3.05) is 0 Å². The number of carboxylic acid groups (broad SMARTS) is 1. The molecule has 1 fully saturated rings. The van der Waals surface area contributed by atoms with Gasteiger partial charge in [-0.3, -0.25) is 4.79 Å². The molecule has 0 amide bonds. The monoisotopic (exact) mass is 156 g/mol. The van der Waals surface area contributed by atoms with Crippen LogP contribution in [0.1, 0.15) is 27.7 Å². The summed E-state index contributed by atoms with van der Waals surface area (Å²) in [5.74, 6) is 0.127. The molecule has 0 aromatic carbocycles. The van der Waals surface area contributed by atoms with Gasteiger partial charge < -0.3 is 5.11 Å². The minimum Gasteiger partial charge on any atom is -0.481 e. The molecule has 2 atom stereocenters. The van der Waals surface area contributed by atoms with E-state index in [-0.39, 0.29) is 11.3 Å². The third kappa shape index (κ3) is 1.15. The molecular formula is C9H16O2. The topological polar surface area (TPSA) is 37.3 Å². The van der Waals surface area contributed by atoms with Gasteiger partial charge in [-0.1, -0.05) is 27.7 Å². The average Bonchev–Trinajstić information content (AvgIpc) is 2.33. The van der Waals surface area contributed by atoms with E-state index in [0.717, 1.165) is 0 Å². The van der Waals surface area contributed by atoms with E-state index in [2.05, 4.69) is 13.8 Å². The van der Waals surface area contributed by atoms with Gasteiger partial charge in [0.2, 0.25) is 0 Å². The quantitative estimate of drug-likeness (QED) is 0.664. The van der Waals surface area contributed by atoms with Crippen LogP contribution in [0.4, 0.5) is 0 Å². The molecular weight excluding hydrogens is 140 g/mol. The van der Waals surface area contributed by atoms with E-state index in [9.17, 15) is 4.79 Å². The van der Waals surface area contributed by atoms with Crippen LogP contribution in [0.15, 0.2) is 0 Å². The van der Waals surface area contributed by atoms with Crippen molar-refractivity contribution in [2.24, 2.45) is 23.2 Å². The van der Waals surface area contributed by atoms with Crippen LogP contribution < -0.4 is 0 Å². The highest BCUT2D eigenvalue weighted by Gasteiger charge is 2.62. The molecule has 0 aromatic rings. The van der Waals surface area contributed by atoms with Crippen LogP contribution in [-0.4, -0.2) is 11.1 Å². The molecule has 0 aliphatic heterocycles. The first kappa shape index (κ1) is 8.57. The molecule has 2 nitrogen and oxygen atoms in total. The Balaban J connectivity index is 2.68. The van der Waals surface area contributed by atoms with E-state index in [4.69, 9.17) is 5.11 Å². The third-order valence-corrected chi connectivity index (χ3v) is 2.89. The predicted octanol–water partition coefficient (Wildman–Crippen LogP) is 2.00. The number of hydrogen-bond acceptors (Lipinski definition) is 1. The lowest BCUT2D eigenvalue weighted by atomic mass is 10.0. The van der Waals surface area contributed by atoms with E-state index in [1.807, 2.05) is 13.8 Å². The van der Waals surface area contributed by atoms with E-state index in [1.54, 1.807) is 0 Å². The molecule has 0 heterocycles. The lowest BCUT2D eigenvalue weighted by Crippen LogP contribution is -2.03. The summed E-state index contributed by atoms with van der Waals surface area (Å²) >= 11 is 0. The van der Waals surface area contributed by atoms with Gasteiger partial charge in [-0.15, -0.1) is 0 Å². The predicted molar refractivity (Wildman–Crippen MR) is 43.2 cm³/mol. The maximum Gasteiger partial charge on any atom is 0.307 e. The highest BCUT2D eigenvalue weighted by atomic mass is 16.4. The second-order valence-corrected chi connectivity index (χ2v) is 4.41. The van der Waals surface area contributed by atoms with E-state index in [1.165, 1.54) is 0 Å². The average molecular weight is 156 g/mol. The maximum atomic E-state index is 10.7. The highest BCUT2D eigenvalue weighted by Crippen LogP contribution is 2.61. The summed E-state index contributed by atoms with van der Waals surface area (Å²) in [5.41, 5.74) is 0.0278. The van der Waals surface area contributed by atoms with Crippen molar-refractivity contribution in [3.63, 3.8) is 0 Å². The second kappa shape index (κ2) is 2.23. The first-order valence-electron chi connectivity index (χ1n) is 4.12. The number of carbonyl (C=O) groups is 1. The van der Waals surface area contributed by atoms with Crippen LogP contribution in [-0.2, 0) is 4.79 Å². The third-order valence-electron chi connectivity index (χ3n) is 2.89. The van der Waals surface area contributed by atoms with Gasteiger partial charge in [0, 0.05) is 0 Å². The first-order chi connectivity index (χ1) is 4.89. The van der Waals surface area contributed by atoms with Crippen molar-refractivity contribution in [1.82, 2.24) is 0 Å². The van der Waals surface area contributed by atoms with Gasteiger partial charge in [0.1, 0.15) is 0 Å². The minimum atomic E-state index is -0.631. The molecule has 2 heteroatoms. The molecule has 1 rings (SSSR count). The molecule has 0 saturated heterocycles. The van der Waals surface area contributed by atoms with Crippen LogP contribution in [0.3, 0.4) is 0 Å². The van der Waals surface area contributed by atoms with Crippen molar-refractivity contribution in [3.8, 4) is 0 Å². The standard InChI is InChI=1S/C9H16O2/c1-5(2)6-7(8(10)11)9(6,3)4/h5-7H,1-4H3,(H,10,11). The van der Waals surface area contributed by atoms with Gasteiger partial charge in [0.15, 0.2) is 0 Å². The molecule has 1 saturated carbocycles. The Morgan fingerprint density at radius 2 is 1.91 bits per heavy atom. The van der Waals surface area contributed by atoms with Gasteiger partial charge in [-0.2, -0.15) is 0 Å². The molecule has 0 spiro atoms. The SMILES string of the molecule is CC(C)C1C(C(=O)O)C1(C)C. The Morgan fingerprint density at radius 3 is 2.00 bits per heavy atom. The van der Waals surface area contributed by atoms with Gasteiger partial charge in [-0.25, -0.2) is 0 Å². The van der Waals surface area contributed by atoms with Crippen molar-refractivity contribution in [3.05, 3.63) is 0 Å². The fourth-order valence-electron chi connectivity index (χ4n) is 2.39. The second-order valence-electron chi connectivity index (χ2n) is 4.41. The lowest BCUT2D eigenvalue weighted by molar-refractivity contribution is -0.139. The summed E-state index contributed by atoms with van der Waals surface area (Å²) < 4.78 is 0. The zero-order valence-electron chi connectivity index (χ0n) is 7.59. The number of rotatable bonds is 2. The van der Waals surface area contributed by atoms with Gasteiger partial charge >= 0.3 is 5.97 Å². The van der Waals surface area contributed by atoms with Crippen LogP contribution in [0.5, 0.6) is 0 Å². The normalized spacial score (nSPS) is 33.9. The molecule has 11 heavy (non-hydrogen) atoms. The number of aliphatic carboxylic acids is 1. The molecule has 2 unspecified atom stereocenters. The Morgan fingerprint density at radius 1 is 1.45 bits per heavy atom. The van der Waals surface area contributed by atoms with Crippen molar-refractivity contribution in [1.29, 1.82) is 0 Å². The largest absolute Gasteiger partial charge is 0.481 e. The molecule has 64 valence electrons. The maximum absolute atomic E-state index is 10.7. The Hall–Kier alpha value is -0.530. The summed E-state index contributed by atoms with van der Waals surface area (Å²) in [4.78, 5) is 10.7. The van der Waals surface area contributed by atoms with Gasteiger partial charge in [0.05, 0.1) is 5.92 Å². The lowest BCUT2D eigenvalue weighted by Gasteiger charge is -2.03. The number of hydrogen-bond donors (Lipinski definition) is 1. The Kier molecular flexibility index (Phi) is 1.73. The first-order valence-corrected chi connectivity index (χ1v) is 4.12. The Labute approximate surface area is 67.6 Å². The smallest absolute Gasteiger partial charge is 0.307 e. The fourth-order valence-corrected chi connectivity index (χ4v) is 2.39. The van der Waals surface area contributed by atoms with Crippen molar-refractivity contribution >= 4 is 5.97 Å².